The fourth-order valence-corrected chi connectivity index (χ4v) is 2.55. The summed E-state index contributed by atoms with van der Waals surface area (Å²) in [6, 6.07) is 5.92. The topological polar surface area (TPSA) is 91.9 Å². The first-order valence-corrected chi connectivity index (χ1v) is 7.54. The molecule has 0 aliphatic heterocycles. The number of aryl methyl sites for hydroxylation is 2. The van der Waals surface area contributed by atoms with E-state index in [0.29, 0.717) is 5.65 Å². The van der Waals surface area contributed by atoms with Gasteiger partial charge in [0.25, 0.3) is 5.56 Å². The van der Waals surface area contributed by atoms with Gasteiger partial charge in [-0.05, 0) is 44.0 Å². The molecule has 0 spiro atoms. The van der Waals surface area contributed by atoms with Crippen LogP contribution in [0.15, 0.2) is 29.3 Å². The fraction of sp³-hybridized carbons (Fsp3) is 0.312. The van der Waals surface area contributed by atoms with Gasteiger partial charge >= 0.3 is 5.97 Å². The zero-order valence-electron chi connectivity index (χ0n) is 13.7. The van der Waals surface area contributed by atoms with Gasteiger partial charge in [-0.25, -0.2) is 4.98 Å². The van der Waals surface area contributed by atoms with Crippen molar-refractivity contribution in [2.75, 3.05) is 6.61 Å². The van der Waals surface area contributed by atoms with E-state index in [9.17, 15) is 9.59 Å². The van der Waals surface area contributed by atoms with Crippen molar-refractivity contribution < 1.29 is 9.53 Å². The van der Waals surface area contributed by atoms with Crippen molar-refractivity contribution in [3.05, 3.63) is 46.0 Å². The highest BCUT2D eigenvalue weighted by Crippen LogP contribution is 2.15. The molecule has 3 rings (SSSR count). The van der Waals surface area contributed by atoms with E-state index >= 15 is 0 Å². The van der Waals surface area contributed by atoms with Crippen LogP contribution in [0.4, 0.5) is 0 Å². The number of carbonyl (C=O) groups excluding carboxylic acids is 1. The van der Waals surface area contributed by atoms with Crippen LogP contribution in [0.5, 0.6) is 0 Å². The number of esters is 1. The highest BCUT2D eigenvalue weighted by molar-refractivity contribution is 5.72. The Hall–Kier alpha value is -3.03. The maximum atomic E-state index is 12.4. The van der Waals surface area contributed by atoms with Crippen molar-refractivity contribution in [3.63, 3.8) is 0 Å². The summed E-state index contributed by atoms with van der Waals surface area (Å²) in [6.45, 7) is 5.72. The predicted molar refractivity (Wildman–Crippen MR) is 87.0 cm³/mol. The summed E-state index contributed by atoms with van der Waals surface area (Å²) >= 11 is 0. The second-order valence-electron chi connectivity index (χ2n) is 5.50. The Labute approximate surface area is 137 Å². The molecule has 8 nitrogen and oxygen atoms in total. The van der Waals surface area contributed by atoms with E-state index in [-0.39, 0.29) is 18.7 Å². The number of fused-ring (bicyclic) bond motifs is 1. The number of carbonyl (C=O) groups is 1. The molecule has 8 heteroatoms. The highest BCUT2D eigenvalue weighted by atomic mass is 16.5. The zero-order chi connectivity index (χ0) is 17.3. The largest absolute Gasteiger partial charge is 0.465 e. The molecular formula is C16H17N5O3. The van der Waals surface area contributed by atoms with E-state index in [1.165, 1.54) is 15.6 Å². The molecular weight excluding hydrogens is 310 g/mol. The van der Waals surface area contributed by atoms with Crippen molar-refractivity contribution >= 4 is 17.1 Å². The van der Waals surface area contributed by atoms with Crippen LogP contribution in [0.3, 0.4) is 0 Å². The summed E-state index contributed by atoms with van der Waals surface area (Å²) < 4.78 is 7.53. The lowest BCUT2D eigenvalue weighted by Gasteiger charge is -2.06. The highest BCUT2D eigenvalue weighted by Gasteiger charge is 2.15. The first kappa shape index (κ1) is 15.9. The standard InChI is InChI=1S/C16H17N5O3/c1-4-24-13(22)8-20-9-17-15-14(16(20)23)18-19-21(15)12-6-10(2)5-11(3)7-12/h5-7,9H,4,8H2,1-3H3. The van der Waals surface area contributed by atoms with E-state index in [0.717, 1.165) is 16.8 Å². The Morgan fingerprint density at radius 2 is 1.92 bits per heavy atom. The number of ether oxygens (including phenoxy) is 1. The van der Waals surface area contributed by atoms with Crippen LogP contribution in [0.25, 0.3) is 16.9 Å². The molecule has 2 aromatic heterocycles. The van der Waals surface area contributed by atoms with E-state index in [1.807, 2.05) is 32.0 Å². The van der Waals surface area contributed by atoms with E-state index in [2.05, 4.69) is 15.3 Å². The number of rotatable bonds is 4. The minimum atomic E-state index is -0.498. The summed E-state index contributed by atoms with van der Waals surface area (Å²) in [4.78, 5) is 28.2. The van der Waals surface area contributed by atoms with Gasteiger partial charge in [0.1, 0.15) is 12.9 Å². The number of hydrogen-bond acceptors (Lipinski definition) is 6. The quantitative estimate of drug-likeness (QED) is 0.668. The fourth-order valence-electron chi connectivity index (χ4n) is 2.55. The van der Waals surface area contributed by atoms with Crippen molar-refractivity contribution in [2.24, 2.45) is 0 Å². The SMILES string of the molecule is CCOC(=O)Cn1cnc2c(nnn2-c2cc(C)cc(C)c2)c1=O. The molecule has 2 heterocycles. The zero-order valence-corrected chi connectivity index (χ0v) is 13.7. The van der Waals surface area contributed by atoms with Gasteiger partial charge in [0.15, 0.2) is 11.2 Å². The normalized spacial score (nSPS) is 11.0. The van der Waals surface area contributed by atoms with Crippen LogP contribution < -0.4 is 5.56 Å². The molecule has 0 saturated carbocycles. The third kappa shape index (κ3) is 2.90. The van der Waals surface area contributed by atoms with Gasteiger partial charge in [0, 0.05) is 0 Å². The van der Waals surface area contributed by atoms with E-state index < -0.39 is 11.5 Å². The smallest absolute Gasteiger partial charge is 0.326 e. The van der Waals surface area contributed by atoms with Crippen molar-refractivity contribution in [1.82, 2.24) is 24.5 Å². The maximum absolute atomic E-state index is 12.4. The first-order valence-electron chi connectivity index (χ1n) is 7.54. The van der Waals surface area contributed by atoms with E-state index in [4.69, 9.17) is 4.74 Å². The van der Waals surface area contributed by atoms with E-state index in [1.54, 1.807) is 6.92 Å². The van der Waals surface area contributed by atoms with Crippen LogP contribution >= 0.6 is 0 Å². The van der Waals surface area contributed by atoms with Gasteiger partial charge in [-0.1, -0.05) is 11.3 Å². The van der Waals surface area contributed by atoms with Gasteiger partial charge in [0.05, 0.1) is 12.3 Å². The second kappa shape index (κ2) is 6.23. The number of nitrogens with zero attached hydrogens (tertiary/aromatic N) is 5. The van der Waals surface area contributed by atoms with Crippen LogP contribution in [-0.4, -0.2) is 37.1 Å². The molecule has 0 amide bonds. The van der Waals surface area contributed by atoms with Crippen LogP contribution in [0, 0.1) is 13.8 Å². The summed E-state index contributed by atoms with van der Waals surface area (Å²) in [5, 5.41) is 7.97. The molecule has 0 atom stereocenters. The third-order valence-electron chi connectivity index (χ3n) is 3.49. The summed E-state index contributed by atoms with van der Waals surface area (Å²) in [6.07, 6.45) is 1.31. The Kier molecular flexibility index (Phi) is 4.11. The molecule has 24 heavy (non-hydrogen) atoms. The van der Waals surface area contributed by atoms with Gasteiger partial charge in [-0.3, -0.25) is 14.2 Å². The summed E-state index contributed by atoms with van der Waals surface area (Å²) in [5.74, 6) is -0.498. The van der Waals surface area contributed by atoms with Crippen LogP contribution in [0.1, 0.15) is 18.1 Å². The number of hydrogen-bond donors (Lipinski definition) is 0. The van der Waals surface area contributed by atoms with Gasteiger partial charge in [-0.15, -0.1) is 5.10 Å². The van der Waals surface area contributed by atoms with Gasteiger partial charge < -0.3 is 4.74 Å². The molecule has 0 bridgehead atoms. The lowest BCUT2D eigenvalue weighted by molar-refractivity contribution is -0.143. The monoisotopic (exact) mass is 327 g/mol. The Balaban J connectivity index is 2.06. The van der Waals surface area contributed by atoms with Crippen molar-refractivity contribution in [2.45, 2.75) is 27.3 Å². The number of benzene rings is 1. The van der Waals surface area contributed by atoms with Crippen LogP contribution in [-0.2, 0) is 16.1 Å². The molecule has 1 aromatic carbocycles. The molecule has 0 aliphatic rings. The van der Waals surface area contributed by atoms with Crippen LogP contribution in [0.2, 0.25) is 0 Å². The third-order valence-corrected chi connectivity index (χ3v) is 3.49. The average molecular weight is 327 g/mol. The Morgan fingerprint density at radius 3 is 2.58 bits per heavy atom. The maximum Gasteiger partial charge on any atom is 0.326 e. The molecule has 0 radical (unpaired) electrons. The predicted octanol–water partition coefficient (Wildman–Crippen LogP) is 1.16. The summed E-state index contributed by atoms with van der Waals surface area (Å²) in [5.41, 5.74) is 2.97. The minimum Gasteiger partial charge on any atom is -0.465 e. The lowest BCUT2D eigenvalue weighted by Crippen LogP contribution is -2.26. The Bertz CT molecular complexity index is 953. The Morgan fingerprint density at radius 1 is 1.21 bits per heavy atom. The molecule has 0 unspecified atom stereocenters. The molecule has 0 saturated heterocycles. The number of aromatic nitrogens is 5. The molecule has 0 N–H and O–H groups in total. The second-order valence-corrected chi connectivity index (χ2v) is 5.50. The first-order chi connectivity index (χ1) is 11.5. The van der Waals surface area contributed by atoms with Gasteiger partial charge in [-0.2, -0.15) is 4.68 Å². The molecule has 124 valence electrons. The van der Waals surface area contributed by atoms with Crippen molar-refractivity contribution in [1.29, 1.82) is 0 Å². The molecule has 3 aromatic rings. The molecule has 0 aliphatic carbocycles. The average Bonchev–Trinajstić information content (AvgIpc) is 2.94. The lowest BCUT2D eigenvalue weighted by atomic mass is 10.1. The summed E-state index contributed by atoms with van der Waals surface area (Å²) in [7, 11) is 0. The minimum absolute atomic E-state index is 0.112. The van der Waals surface area contributed by atoms with Crippen molar-refractivity contribution in [3.8, 4) is 5.69 Å². The molecule has 0 fully saturated rings. The van der Waals surface area contributed by atoms with Gasteiger partial charge in [0.2, 0.25) is 0 Å².